The highest BCUT2D eigenvalue weighted by Gasteiger charge is 2.45. The van der Waals surface area contributed by atoms with Crippen molar-refractivity contribution in [3.05, 3.63) is 69.2 Å². The SMILES string of the molecule is O=C(NCC1(c2ccccc2Cl)CCOCC1)C1CC1c1cccc(Br)c1. The lowest BCUT2D eigenvalue weighted by Crippen LogP contribution is -2.45. The number of halogens is 2. The molecule has 3 nitrogen and oxygen atoms in total. The van der Waals surface area contributed by atoms with Crippen molar-refractivity contribution in [3.63, 3.8) is 0 Å². The van der Waals surface area contributed by atoms with Gasteiger partial charge in [-0.05, 0) is 54.5 Å². The number of nitrogens with one attached hydrogen (secondary N) is 1. The fourth-order valence-electron chi connectivity index (χ4n) is 4.17. The molecular formula is C22H23BrClNO2. The second-order valence-electron chi connectivity index (χ2n) is 7.59. The maximum atomic E-state index is 12.8. The summed E-state index contributed by atoms with van der Waals surface area (Å²) in [7, 11) is 0. The van der Waals surface area contributed by atoms with Crippen LogP contribution >= 0.6 is 27.5 Å². The van der Waals surface area contributed by atoms with Gasteiger partial charge in [0, 0.05) is 40.6 Å². The average molecular weight is 449 g/mol. The van der Waals surface area contributed by atoms with Crippen LogP contribution in [0.25, 0.3) is 0 Å². The fourth-order valence-corrected chi connectivity index (χ4v) is 4.93. The largest absolute Gasteiger partial charge is 0.381 e. The minimum absolute atomic E-state index is 0.0717. The summed E-state index contributed by atoms with van der Waals surface area (Å²) in [6.45, 7) is 2.01. The Morgan fingerprint density at radius 3 is 2.70 bits per heavy atom. The maximum absolute atomic E-state index is 12.8. The molecule has 1 saturated carbocycles. The molecule has 1 saturated heterocycles. The Bertz CT molecular complexity index is 835. The van der Waals surface area contributed by atoms with Gasteiger partial charge in [-0.3, -0.25) is 4.79 Å². The first-order valence-electron chi connectivity index (χ1n) is 9.45. The van der Waals surface area contributed by atoms with Crippen molar-refractivity contribution in [1.29, 1.82) is 0 Å². The van der Waals surface area contributed by atoms with Gasteiger partial charge in [-0.15, -0.1) is 0 Å². The van der Waals surface area contributed by atoms with E-state index in [1.165, 1.54) is 5.56 Å². The van der Waals surface area contributed by atoms with Gasteiger partial charge in [0.25, 0.3) is 0 Å². The Kier molecular flexibility index (Phi) is 5.58. The lowest BCUT2D eigenvalue weighted by Gasteiger charge is -2.38. The van der Waals surface area contributed by atoms with Crippen molar-refractivity contribution in [3.8, 4) is 0 Å². The van der Waals surface area contributed by atoms with Crippen molar-refractivity contribution >= 4 is 33.4 Å². The lowest BCUT2D eigenvalue weighted by molar-refractivity contribution is -0.122. The third-order valence-corrected chi connectivity index (χ3v) is 6.72. The van der Waals surface area contributed by atoms with Crippen LogP contribution in [0.3, 0.4) is 0 Å². The summed E-state index contributed by atoms with van der Waals surface area (Å²) in [5.74, 6) is 0.550. The topological polar surface area (TPSA) is 38.3 Å². The molecule has 2 atom stereocenters. The second-order valence-corrected chi connectivity index (χ2v) is 8.92. The standard InChI is InChI=1S/C22H23BrClNO2/c23-16-5-3-4-15(12-16)17-13-18(17)21(26)25-14-22(8-10-27-11-9-22)19-6-1-2-7-20(19)24/h1-7,12,17-18H,8-11,13-14H2,(H,25,26). The van der Waals surface area contributed by atoms with E-state index in [0.29, 0.717) is 25.7 Å². The molecule has 0 aromatic heterocycles. The minimum atomic E-state index is -0.146. The highest BCUT2D eigenvalue weighted by atomic mass is 79.9. The van der Waals surface area contributed by atoms with Gasteiger partial charge in [0.2, 0.25) is 5.91 Å². The summed E-state index contributed by atoms with van der Waals surface area (Å²) in [5, 5.41) is 4.00. The molecule has 1 aliphatic carbocycles. The number of hydrogen-bond donors (Lipinski definition) is 1. The van der Waals surface area contributed by atoms with Crippen LogP contribution in [0, 0.1) is 5.92 Å². The third-order valence-electron chi connectivity index (χ3n) is 5.90. The Morgan fingerprint density at radius 2 is 1.96 bits per heavy atom. The number of ether oxygens (including phenoxy) is 1. The van der Waals surface area contributed by atoms with Crippen LogP contribution in [-0.2, 0) is 14.9 Å². The van der Waals surface area contributed by atoms with E-state index in [0.717, 1.165) is 34.3 Å². The van der Waals surface area contributed by atoms with Crippen LogP contribution in [0.2, 0.25) is 5.02 Å². The number of carbonyl (C=O) groups excluding carboxylic acids is 1. The summed E-state index contributed by atoms with van der Waals surface area (Å²) < 4.78 is 6.64. The predicted molar refractivity (Wildman–Crippen MR) is 111 cm³/mol. The van der Waals surface area contributed by atoms with Gasteiger partial charge in [-0.2, -0.15) is 0 Å². The zero-order valence-corrected chi connectivity index (χ0v) is 17.4. The molecule has 142 valence electrons. The highest BCUT2D eigenvalue weighted by molar-refractivity contribution is 9.10. The van der Waals surface area contributed by atoms with E-state index in [1.807, 2.05) is 30.3 Å². The summed E-state index contributed by atoms with van der Waals surface area (Å²) in [4.78, 5) is 12.8. The van der Waals surface area contributed by atoms with E-state index >= 15 is 0 Å². The Morgan fingerprint density at radius 1 is 1.19 bits per heavy atom. The van der Waals surface area contributed by atoms with Crippen molar-refractivity contribution in [2.45, 2.75) is 30.6 Å². The normalized spacial score (nSPS) is 23.6. The number of benzene rings is 2. The van der Waals surface area contributed by atoms with Crippen LogP contribution in [-0.4, -0.2) is 25.7 Å². The fraction of sp³-hybridized carbons (Fsp3) is 0.409. The van der Waals surface area contributed by atoms with Crippen LogP contribution in [0.15, 0.2) is 53.0 Å². The van der Waals surface area contributed by atoms with Crippen LogP contribution in [0.5, 0.6) is 0 Å². The minimum Gasteiger partial charge on any atom is -0.381 e. The summed E-state index contributed by atoms with van der Waals surface area (Å²) in [5.41, 5.74) is 2.21. The molecular weight excluding hydrogens is 426 g/mol. The van der Waals surface area contributed by atoms with Gasteiger partial charge >= 0.3 is 0 Å². The molecule has 0 bridgehead atoms. The van der Waals surface area contributed by atoms with Crippen molar-refractivity contribution in [2.24, 2.45) is 5.92 Å². The molecule has 0 radical (unpaired) electrons. The first-order valence-corrected chi connectivity index (χ1v) is 10.6. The monoisotopic (exact) mass is 447 g/mol. The predicted octanol–water partition coefficient (Wildman–Crippen LogP) is 5.07. The Labute approximate surface area is 173 Å². The third kappa shape index (κ3) is 4.08. The molecule has 1 aliphatic heterocycles. The first-order chi connectivity index (χ1) is 13.1. The molecule has 2 aliphatic rings. The Balaban J connectivity index is 1.44. The van der Waals surface area contributed by atoms with Crippen LogP contribution < -0.4 is 5.32 Å². The smallest absolute Gasteiger partial charge is 0.223 e. The molecule has 1 heterocycles. The Hall–Kier alpha value is -1.36. The van der Waals surface area contributed by atoms with Crippen LogP contribution in [0.4, 0.5) is 0 Å². The van der Waals surface area contributed by atoms with E-state index in [4.69, 9.17) is 16.3 Å². The van der Waals surface area contributed by atoms with E-state index in [2.05, 4.69) is 39.4 Å². The van der Waals surface area contributed by atoms with Gasteiger partial charge < -0.3 is 10.1 Å². The van der Waals surface area contributed by atoms with Gasteiger partial charge in [0.1, 0.15) is 0 Å². The molecule has 2 aromatic rings. The van der Waals surface area contributed by atoms with E-state index < -0.39 is 0 Å². The van der Waals surface area contributed by atoms with Crippen molar-refractivity contribution < 1.29 is 9.53 Å². The summed E-state index contributed by atoms with van der Waals surface area (Å²) in [6, 6.07) is 16.2. The van der Waals surface area contributed by atoms with E-state index in [9.17, 15) is 4.79 Å². The van der Waals surface area contributed by atoms with E-state index in [1.54, 1.807) is 0 Å². The summed E-state index contributed by atoms with van der Waals surface area (Å²) in [6.07, 6.45) is 2.66. The lowest BCUT2D eigenvalue weighted by atomic mass is 9.74. The first kappa shape index (κ1) is 19.0. The number of hydrogen-bond acceptors (Lipinski definition) is 2. The van der Waals surface area contributed by atoms with Crippen molar-refractivity contribution in [1.82, 2.24) is 5.32 Å². The van der Waals surface area contributed by atoms with Gasteiger partial charge in [-0.1, -0.05) is 57.9 Å². The molecule has 0 spiro atoms. The van der Waals surface area contributed by atoms with Gasteiger partial charge in [0.05, 0.1) is 0 Å². The molecule has 27 heavy (non-hydrogen) atoms. The molecule has 2 aromatic carbocycles. The summed E-state index contributed by atoms with van der Waals surface area (Å²) >= 11 is 10.0. The second kappa shape index (κ2) is 7.94. The molecule has 4 rings (SSSR count). The zero-order valence-electron chi connectivity index (χ0n) is 15.1. The van der Waals surface area contributed by atoms with Crippen LogP contribution in [0.1, 0.15) is 36.3 Å². The van der Waals surface area contributed by atoms with E-state index in [-0.39, 0.29) is 17.2 Å². The quantitative estimate of drug-likeness (QED) is 0.693. The number of rotatable bonds is 5. The van der Waals surface area contributed by atoms with Crippen molar-refractivity contribution in [2.75, 3.05) is 19.8 Å². The highest BCUT2D eigenvalue weighted by Crippen LogP contribution is 2.48. The number of amides is 1. The maximum Gasteiger partial charge on any atom is 0.223 e. The molecule has 5 heteroatoms. The number of carbonyl (C=O) groups is 1. The molecule has 1 amide bonds. The van der Waals surface area contributed by atoms with Gasteiger partial charge in [0.15, 0.2) is 0 Å². The molecule has 2 unspecified atom stereocenters. The molecule has 2 fully saturated rings. The van der Waals surface area contributed by atoms with Gasteiger partial charge in [-0.25, -0.2) is 0 Å². The average Bonchev–Trinajstić information content (AvgIpc) is 3.48. The zero-order chi connectivity index (χ0) is 18.9. The molecule has 1 N–H and O–H groups in total.